The molecule has 0 aliphatic rings. The van der Waals surface area contributed by atoms with Gasteiger partial charge in [-0.15, -0.1) is 0 Å². The van der Waals surface area contributed by atoms with Crippen LogP contribution in [0.1, 0.15) is 11.1 Å². The first-order chi connectivity index (χ1) is 9.90. The lowest BCUT2D eigenvalue weighted by Gasteiger charge is -2.07. The third-order valence-electron chi connectivity index (χ3n) is 2.88. The van der Waals surface area contributed by atoms with Gasteiger partial charge in [-0.3, -0.25) is 0 Å². The summed E-state index contributed by atoms with van der Waals surface area (Å²) in [5, 5.41) is 7.42. The Morgan fingerprint density at radius 3 is 2.40 bits per heavy atom. The van der Waals surface area contributed by atoms with Crippen LogP contribution in [0.2, 0.25) is 0 Å². The maximum absolute atomic E-state index is 4.09. The van der Waals surface area contributed by atoms with Gasteiger partial charge in [-0.1, -0.05) is 12.1 Å². The van der Waals surface area contributed by atoms with E-state index in [1.165, 1.54) is 18.2 Å². The zero-order valence-electron chi connectivity index (χ0n) is 10.8. The minimum absolute atomic E-state index is 0.712. The molecule has 2 aromatic heterocycles. The van der Waals surface area contributed by atoms with E-state index in [1.807, 2.05) is 0 Å². The summed E-state index contributed by atoms with van der Waals surface area (Å²) in [6, 6.07) is 8.25. The number of rotatable bonds is 5. The predicted molar refractivity (Wildman–Crippen MR) is 74.9 cm³/mol. The third kappa shape index (κ3) is 3.17. The van der Waals surface area contributed by atoms with E-state index < -0.39 is 0 Å². The summed E-state index contributed by atoms with van der Waals surface area (Å²) in [7, 11) is 0. The van der Waals surface area contributed by atoms with Gasteiger partial charge in [0.05, 0.1) is 6.54 Å². The molecule has 0 radical (unpaired) electrons. The number of hydrogen-bond acceptors (Lipinski definition) is 5. The lowest BCUT2D eigenvalue weighted by Crippen LogP contribution is -2.02. The van der Waals surface area contributed by atoms with Crippen LogP contribution in [0.3, 0.4) is 0 Å². The normalized spacial score (nSPS) is 10.4. The highest BCUT2D eigenvalue weighted by molar-refractivity contribution is 5.44. The van der Waals surface area contributed by atoms with E-state index in [0.29, 0.717) is 6.54 Å². The summed E-state index contributed by atoms with van der Waals surface area (Å²) in [6.45, 7) is 1.44. The second-order valence-electron chi connectivity index (χ2n) is 4.39. The smallest absolute Gasteiger partial charge is 0.137 e. The molecule has 20 heavy (non-hydrogen) atoms. The standard InChI is InChI=1S/C14H14N6/c1-3-14(18-7-13-5-15-9-16-6-13)4-2-12(1)8-20-11-17-10-19-20/h1-6,9-11,18H,7-8H2. The van der Waals surface area contributed by atoms with Gasteiger partial charge in [0, 0.05) is 30.2 Å². The highest BCUT2D eigenvalue weighted by Gasteiger charge is 1.97. The van der Waals surface area contributed by atoms with Crippen molar-refractivity contribution in [3.8, 4) is 0 Å². The zero-order valence-corrected chi connectivity index (χ0v) is 10.8. The fraction of sp³-hybridized carbons (Fsp3) is 0.143. The second-order valence-corrected chi connectivity index (χ2v) is 4.39. The van der Waals surface area contributed by atoms with Crippen molar-refractivity contribution in [1.82, 2.24) is 24.7 Å². The second kappa shape index (κ2) is 5.92. The fourth-order valence-electron chi connectivity index (χ4n) is 1.85. The number of aromatic nitrogens is 5. The predicted octanol–water partition coefficient (Wildman–Crippen LogP) is 1.73. The van der Waals surface area contributed by atoms with E-state index in [0.717, 1.165) is 17.8 Å². The van der Waals surface area contributed by atoms with Crippen molar-refractivity contribution in [2.24, 2.45) is 0 Å². The monoisotopic (exact) mass is 266 g/mol. The Hall–Kier alpha value is -2.76. The number of nitrogens with one attached hydrogen (secondary N) is 1. The van der Waals surface area contributed by atoms with Crippen LogP contribution in [0.4, 0.5) is 5.69 Å². The number of hydrogen-bond donors (Lipinski definition) is 1. The van der Waals surface area contributed by atoms with E-state index in [9.17, 15) is 0 Å². The molecular formula is C14H14N6. The van der Waals surface area contributed by atoms with Crippen molar-refractivity contribution in [2.45, 2.75) is 13.1 Å². The summed E-state index contributed by atoms with van der Waals surface area (Å²) >= 11 is 0. The molecule has 100 valence electrons. The van der Waals surface area contributed by atoms with E-state index in [1.54, 1.807) is 23.4 Å². The Labute approximate surface area is 116 Å². The van der Waals surface area contributed by atoms with Crippen LogP contribution >= 0.6 is 0 Å². The van der Waals surface area contributed by atoms with Crippen molar-refractivity contribution in [2.75, 3.05) is 5.32 Å². The summed E-state index contributed by atoms with van der Waals surface area (Å²) < 4.78 is 1.80. The minimum atomic E-state index is 0.712. The van der Waals surface area contributed by atoms with Gasteiger partial charge in [0.25, 0.3) is 0 Å². The van der Waals surface area contributed by atoms with Gasteiger partial charge >= 0.3 is 0 Å². The molecule has 2 heterocycles. The van der Waals surface area contributed by atoms with Gasteiger partial charge in [0.15, 0.2) is 0 Å². The van der Waals surface area contributed by atoms with Gasteiger partial charge in [-0.05, 0) is 17.7 Å². The number of benzene rings is 1. The molecule has 0 aliphatic carbocycles. The molecule has 6 nitrogen and oxygen atoms in total. The largest absolute Gasteiger partial charge is 0.381 e. The molecule has 0 saturated heterocycles. The number of nitrogens with zero attached hydrogens (tertiary/aromatic N) is 5. The molecule has 0 amide bonds. The maximum atomic E-state index is 4.09. The van der Waals surface area contributed by atoms with Gasteiger partial charge in [-0.25, -0.2) is 19.6 Å². The summed E-state index contributed by atoms with van der Waals surface area (Å²) in [4.78, 5) is 11.9. The quantitative estimate of drug-likeness (QED) is 0.761. The molecule has 6 heteroatoms. The molecule has 0 atom stereocenters. The summed E-state index contributed by atoms with van der Waals surface area (Å²) in [5.41, 5.74) is 3.31. The topological polar surface area (TPSA) is 68.5 Å². The van der Waals surface area contributed by atoms with Crippen LogP contribution in [-0.4, -0.2) is 24.7 Å². The maximum Gasteiger partial charge on any atom is 0.137 e. The highest BCUT2D eigenvalue weighted by atomic mass is 15.3. The van der Waals surface area contributed by atoms with E-state index in [-0.39, 0.29) is 0 Å². The first-order valence-corrected chi connectivity index (χ1v) is 6.29. The zero-order chi connectivity index (χ0) is 13.6. The van der Waals surface area contributed by atoms with Crippen molar-refractivity contribution in [3.63, 3.8) is 0 Å². The van der Waals surface area contributed by atoms with E-state index in [4.69, 9.17) is 0 Å². The lowest BCUT2D eigenvalue weighted by molar-refractivity contribution is 0.685. The highest BCUT2D eigenvalue weighted by Crippen LogP contribution is 2.11. The van der Waals surface area contributed by atoms with Crippen molar-refractivity contribution >= 4 is 5.69 Å². The van der Waals surface area contributed by atoms with Crippen LogP contribution in [-0.2, 0) is 13.1 Å². The molecule has 0 saturated carbocycles. The molecule has 0 bridgehead atoms. The fourth-order valence-corrected chi connectivity index (χ4v) is 1.85. The molecule has 3 aromatic rings. The average molecular weight is 266 g/mol. The van der Waals surface area contributed by atoms with Crippen LogP contribution in [0, 0.1) is 0 Å². The summed E-state index contributed by atoms with van der Waals surface area (Å²) in [6.07, 6.45) is 8.39. The van der Waals surface area contributed by atoms with Crippen LogP contribution in [0.5, 0.6) is 0 Å². The van der Waals surface area contributed by atoms with Crippen LogP contribution in [0.15, 0.2) is 55.6 Å². The van der Waals surface area contributed by atoms with Gasteiger partial charge in [0.1, 0.15) is 19.0 Å². The summed E-state index contributed by atoms with van der Waals surface area (Å²) in [5.74, 6) is 0. The Balaban J connectivity index is 1.59. The average Bonchev–Trinajstić information content (AvgIpc) is 3.01. The lowest BCUT2D eigenvalue weighted by atomic mass is 10.2. The van der Waals surface area contributed by atoms with Gasteiger partial charge in [0.2, 0.25) is 0 Å². The molecule has 3 rings (SSSR count). The van der Waals surface area contributed by atoms with E-state index in [2.05, 4.69) is 49.6 Å². The Morgan fingerprint density at radius 1 is 0.900 bits per heavy atom. The molecule has 0 unspecified atom stereocenters. The van der Waals surface area contributed by atoms with Crippen LogP contribution in [0.25, 0.3) is 0 Å². The molecule has 0 fully saturated rings. The molecule has 1 N–H and O–H groups in total. The van der Waals surface area contributed by atoms with Crippen LogP contribution < -0.4 is 5.32 Å². The third-order valence-corrected chi connectivity index (χ3v) is 2.88. The van der Waals surface area contributed by atoms with E-state index >= 15 is 0 Å². The first kappa shape index (κ1) is 12.3. The van der Waals surface area contributed by atoms with Crippen molar-refractivity contribution in [1.29, 1.82) is 0 Å². The SMILES string of the molecule is c1ncc(CNc2ccc(Cn3cncn3)cc2)cn1. The minimum Gasteiger partial charge on any atom is -0.381 e. The van der Waals surface area contributed by atoms with Gasteiger partial charge in [-0.2, -0.15) is 5.10 Å². The Morgan fingerprint density at radius 2 is 1.70 bits per heavy atom. The van der Waals surface area contributed by atoms with Crippen molar-refractivity contribution in [3.05, 3.63) is 66.8 Å². The first-order valence-electron chi connectivity index (χ1n) is 6.29. The Kier molecular flexibility index (Phi) is 3.64. The molecule has 1 aromatic carbocycles. The number of anilines is 1. The Bertz CT molecular complexity index is 633. The molecule has 0 aliphatic heterocycles. The van der Waals surface area contributed by atoms with Gasteiger partial charge < -0.3 is 5.32 Å². The molecule has 0 spiro atoms. The van der Waals surface area contributed by atoms with Crippen molar-refractivity contribution < 1.29 is 0 Å². The molecular weight excluding hydrogens is 252 g/mol.